The van der Waals surface area contributed by atoms with Crippen LogP contribution in [0, 0.1) is 6.92 Å². The zero-order valence-electron chi connectivity index (χ0n) is 18.4. The molecule has 8 nitrogen and oxygen atoms in total. The fourth-order valence-electron chi connectivity index (χ4n) is 4.76. The van der Waals surface area contributed by atoms with Gasteiger partial charge in [-0.25, -0.2) is 9.97 Å². The van der Waals surface area contributed by atoms with E-state index in [0.29, 0.717) is 17.4 Å². The maximum Gasteiger partial charge on any atom is 0.165 e. The van der Waals surface area contributed by atoms with Gasteiger partial charge >= 0.3 is 0 Å². The number of hydrogen-bond acceptors (Lipinski definition) is 7. The van der Waals surface area contributed by atoms with Crippen molar-refractivity contribution in [1.82, 2.24) is 19.5 Å². The fourth-order valence-corrected chi connectivity index (χ4v) is 4.95. The Kier molecular flexibility index (Phi) is 4.81. The molecule has 33 heavy (non-hydrogen) atoms. The van der Waals surface area contributed by atoms with E-state index in [2.05, 4.69) is 15.0 Å². The van der Waals surface area contributed by atoms with Crippen molar-refractivity contribution in [3.05, 3.63) is 59.8 Å². The maximum absolute atomic E-state index is 6.47. The lowest BCUT2D eigenvalue weighted by Crippen LogP contribution is -2.33. The molecule has 0 spiro atoms. The SMILES string of the molecule is Cc1cc2c(Cl)ncnc2n1[C@@H]1O[C@H](COc2ccc3cccnc3c2)[C@H]2OC(C)(C)O[C@H]21. The van der Waals surface area contributed by atoms with Gasteiger partial charge in [-0.2, -0.15) is 0 Å². The molecule has 2 aliphatic heterocycles. The highest BCUT2D eigenvalue weighted by Gasteiger charge is 2.56. The van der Waals surface area contributed by atoms with Crippen LogP contribution in [0.1, 0.15) is 25.8 Å². The Bertz CT molecular complexity index is 1360. The van der Waals surface area contributed by atoms with Crippen molar-refractivity contribution < 1.29 is 18.9 Å². The van der Waals surface area contributed by atoms with Gasteiger partial charge in [-0.15, -0.1) is 0 Å². The topological polar surface area (TPSA) is 80.5 Å². The molecule has 4 atom stereocenters. The van der Waals surface area contributed by atoms with Crippen molar-refractivity contribution in [3.8, 4) is 5.75 Å². The van der Waals surface area contributed by atoms with Crippen LogP contribution >= 0.6 is 11.6 Å². The molecule has 0 amide bonds. The van der Waals surface area contributed by atoms with Crippen LogP contribution in [0.2, 0.25) is 5.15 Å². The van der Waals surface area contributed by atoms with Crippen molar-refractivity contribution in [2.24, 2.45) is 0 Å². The van der Waals surface area contributed by atoms with E-state index >= 15 is 0 Å². The summed E-state index contributed by atoms with van der Waals surface area (Å²) in [6, 6.07) is 11.8. The monoisotopic (exact) mass is 466 g/mol. The zero-order chi connectivity index (χ0) is 22.7. The first-order valence-electron chi connectivity index (χ1n) is 10.9. The van der Waals surface area contributed by atoms with Crippen LogP contribution in [-0.4, -0.2) is 50.2 Å². The van der Waals surface area contributed by atoms with Gasteiger partial charge in [0.15, 0.2) is 12.0 Å². The number of aryl methyl sites for hydroxylation is 1. The zero-order valence-corrected chi connectivity index (χ0v) is 19.2. The number of ether oxygens (including phenoxy) is 4. The summed E-state index contributed by atoms with van der Waals surface area (Å²) in [7, 11) is 0. The Labute approximate surface area is 195 Å². The highest BCUT2D eigenvalue weighted by atomic mass is 35.5. The minimum atomic E-state index is -0.730. The molecule has 2 saturated heterocycles. The average Bonchev–Trinajstić information content (AvgIpc) is 3.40. The molecule has 170 valence electrons. The number of benzene rings is 1. The van der Waals surface area contributed by atoms with E-state index in [0.717, 1.165) is 27.7 Å². The van der Waals surface area contributed by atoms with E-state index in [1.807, 2.05) is 61.7 Å². The number of nitrogens with zero attached hydrogens (tertiary/aromatic N) is 4. The van der Waals surface area contributed by atoms with Crippen LogP contribution in [0.25, 0.3) is 21.9 Å². The summed E-state index contributed by atoms with van der Waals surface area (Å²) in [5, 5.41) is 2.25. The van der Waals surface area contributed by atoms with E-state index in [1.165, 1.54) is 6.33 Å². The average molecular weight is 467 g/mol. The van der Waals surface area contributed by atoms with Gasteiger partial charge < -0.3 is 23.5 Å². The van der Waals surface area contributed by atoms with E-state index in [-0.39, 0.29) is 18.3 Å². The molecule has 0 saturated carbocycles. The number of aromatic nitrogens is 4. The summed E-state index contributed by atoms with van der Waals surface area (Å²) in [5.74, 6) is -0.00325. The molecule has 0 radical (unpaired) electrons. The van der Waals surface area contributed by atoms with Crippen LogP contribution in [-0.2, 0) is 14.2 Å². The van der Waals surface area contributed by atoms with E-state index in [1.54, 1.807) is 6.20 Å². The van der Waals surface area contributed by atoms with Crippen molar-refractivity contribution >= 4 is 33.5 Å². The first-order valence-corrected chi connectivity index (χ1v) is 11.2. The molecule has 9 heteroatoms. The molecule has 2 fully saturated rings. The molecular formula is C24H23ClN4O4. The third-order valence-electron chi connectivity index (χ3n) is 6.15. The lowest BCUT2D eigenvalue weighted by molar-refractivity contribution is -0.199. The van der Waals surface area contributed by atoms with Crippen molar-refractivity contribution in [2.75, 3.05) is 6.61 Å². The Morgan fingerprint density at radius 2 is 1.94 bits per heavy atom. The van der Waals surface area contributed by atoms with Gasteiger partial charge in [-0.05, 0) is 45.0 Å². The number of rotatable bonds is 4. The van der Waals surface area contributed by atoms with Gasteiger partial charge in [0, 0.05) is 23.3 Å². The second kappa shape index (κ2) is 7.63. The predicted octanol–water partition coefficient (Wildman–Crippen LogP) is 4.44. The minimum absolute atomic E-state index is 0.294. The van der Waals surface area contributed by atoms with Crippen molar-refractivity contribution in [3.63, 3.8) is 0 Å². The van der Waals surface area contributed by atoms with Crippen LogP contribution in [0.4, 0.5) is 0 Å². The highest BCUT2D eigenvalue weighted by molar-refractivity contribution is 6.33. The molecule has 3 aromatic heterocycles. The molecule has 0 aliphatic carbocycles. The number of fused-ring (bicyclic) bond motifs is 3. The van der Waals surface area contributed by atoms with Crippen LogP contribution < -0.4 is 4.74 Å². The standard InChI is InChI=1S/C24H23ClN4O4/c1-13-9-16-21(25)27-12-28-22(16)29(13)23-20-19(32-24(2,3)33-20)18(31-23)11-30-15-7-6-14-5-4-8-26-17(14)10-15/h4-10,12,18-20,23H,11H2,1-3H3/t18-,19-,20-,23-/m1/s1. The molecule has 2 aliphatic rings. The van der Waals surface area contributed by atoms with E-state index < -0.39 is 12.0 Å². The Balaban J connectivity index is 1.30. The predicted molar refractivity (Wildman–Crippen MR) is 122 cm³/mol. The van der Waals surface area contributed by atoms with Gasteiger partial charge in [0.1, 0.15) is 47.8 Å². The van der Waals surface area contributed by atoms with Crippen molar-refractivity contribution in [2.45, 2.75) is 51.1 Å². The summed E-state index contributed by atoms with van der Waals surface area (Å²) in [6.07, 6.45) is 1.83. The van der Waals surface area contributed by atoms with Gasteiger partial charge in [0.05, 0.1) is 10.9 Å². The highest BCUT2D eigenvalue weighted by Crippen LogP contribution is 2.45. The quantitative estimate of drug-likeness (QED) is 0.411. The Morgan fingerprint density at radius 1 is 1.09 bits per heavy atom. The fraction of sp³-hybridized carbons (Fsp3) is 0.375. The number of halogens is 1. The van der Waals surface area contributed by atoms with Crippen LogP contribution in [0.5, 0.6) is 5.75 Å². The van der Waals surface area contributed by atoms with Gasteiger partial charge in [0.25, 0.3) is 0 Å². The third kappa shape index (κ3) is 3.54. The lowest BCUT2D eigenvalue weighted by Gasteiger charge is -2.25. The van der Waals surface area contributed by atoms with E-state index in [4.69, 9.17) is 30.5 Å². The maximum atomic E-state index is 6.47. The summed E-state index contributed by atoms with van der Waals surface area (Å²) in [5.41, 5.74) is 2.53. The summed E-state index contributed by atoms with van der Waals surface area (Å²) in [4.78, 5) is 13.0. The first kappa shape index (κ1) is 20.8. The number of pyridine rings is 1. The number of hydrogen-bond donors (Lipinski definition) is 0. The largest absolute Gasteiger partial charge is 0.491 e. The third-order valence-corrected chi connectivity index (χ3v) is 6.45. The Morgan fingerprint density at radius 3 is 2.82 bits per heavy atom. The minimum Gasteiger partial charge on any atom is -0.491 e. The molecule has 5 heterocycles. The summed E-state index contributed by atoms with van der Waals surface area (Å²) in [6.45, 7) is 6.12. The van der Waals surface area contributed by atoms with Gasteiger partial charge in [-0.3, -0.25) is 4.98 Å². The van der Waals surface area contributed by atoms with Gasteiger partial charge in [-0.1, -0.05) is 17.7 Å². The molecule has 6 rings (SSSR count). The Hall–Kier alpha value is -2.78. The van der Waals surface area contributed by atoms with Gasteiger partial charge in [0.2, 0.25) is 0 Å². The molecule has 0 N–H and O–H groups in total. The molecule has 4 aromatic rings. The lowest BCUT2D eigenvalue weighted by atomic mass is 10.1. The normalized spacial score (nSPS) is 26.2. The molecule has 0 bridgehead atoms. The van der Waals surface area contributed by atoms with Crippen LogP contribution in [0.15, 0.2) is 48.9 Å². The molecule has 1 aromatic carbocycles. The van der Waals surface area contributed by atoms with E-state index in [9.17, 15) is 0 Å². The molecular weight excluding hydrogens is 444 g/mol. The smallest absolute Gasteiger partial charge is 0.165 e. The summed E-state index contributed by atoms with van der Waals surface area (Å²) >= 11 is 6.31. The molecule has 0 unspecified atom stereocenters. The second-order valence-electron chi connectivity index (χ2n) is 8.86. The first-order chi connectivity index (χ1) is 15.9. The summed E-state index contributed by atoms with van der Waals surface area (Å²) < 4.78 is 27.1. The van der Waals surface area contributed by atoms with Crippen molar-refractivity contribution in [1.29, 1.82) is 0 Å². The second-order valence-corrected chi connectivity index (χ2v) is 9.21. The van der Waals surface area contributed by atoms with Crippen LogP contribution in [0.3, 0.4) is 0 Å².